The molecule has 1 amide bonds. The van der Waals surface area contributed by atoms with Crippen LogP contribution < -0.4 is 5.32 Å². The van der Waals surface area contributed by atoms with Crippen molar-refractivity contribution in [3.63, 3.8) is 0 Å². The minimum Gasteiger partial charge on any atom is -0.346 e. The summed E-state index contributed by atoms with van der Waals surface area (Å²) in [5.74, 6) is -0.871. The molecule has 1 aromatic carbocycles. The van der Waals surface area contributed by atoms with Gasteiger partial charge in [0, 0.05) is 5.39 Å². The molecule has 3 rings (SSSR count). The van der Waals surface area contributed by atoms with E-state index < -0.39 is 18.6 Å². The number of benzene rings is 1. The van der Waals surface area contributed by atoms with Crippen molar-refractivity contribution < 1.29 is 18.0 Å². The van der Waals surface area contributed by atoms with E-state index in [0.717, 1.165) is 28.2 Å². The summed E-state index contributed by atoms with van der Waals surface area (Å²) in [6, 6.07) is 9.55. The number of alkyl halides is 3. The summed E-state index contributed by atoms with van der Waals surface area (Å²) in [4.78, 5) is 11.5. The third-order valence-corrected chi connectivity index (χ3v) is 4.32. The fourth-order valence-corrected chi connectivity index (χ4v) is 3.13. The average Bonchev–Trinajstić information content (AvgIpc) is 2.93. The van der Waals surface area contributed by atoms with E-state index >= 15 is 0 Å². The zero-order valence-electron chi connectivity index (χ0n) is 12.6. The number of nitrogens with zero attached hydrogens (tertiary/aromatic N) is 3. The van der Waals surface area contributed by atoms with Crippen LogP contribution in [0.4, 0.5) is 13.2 Å². The van der Waals surface area contributed by atoms with Crippen molar-refractivity contribution in [2.24, 2.45) is 0 Å². The molecule has 0 bridgehead atoms. The Kier molecular flexibility index (Phi) is 4.35. The van der Waals surface area contributed by atoms with Gasteiger partial charge in [0.05, 0.1) is 11.3 Å². The molecular formula is C15H13F3N4OS. The second-order valence-electron chi connectivity index (χ2n) is 5.20. The number of carbonyl (C=O) groups excluding carboxylic acids is 1. The van der Waals surface area contributed by atoms with Gasteiger partial charge in [-0.05, 0) is 24.6 Å². The highest BCUT2D eigenvalue weighted by Crippen LogP contribution is 2.25. The van der Waals surface area contributed by atoms with Crippen molar-refractivity contribution in [1.29, 1.82) is 0 Å². The van der Waals surface area contributed by atoms with Crippen molar-refractivity contribution >= 4 is 34.2 Å². The Labute approximate surface area is 139 Å². The van der Waals surface area contributed by atoms with E-state index in [1.54, 1.807) is 4.40 Å². The van der Waals surface area contributed by atoms with Crippen molar-refractivity contribution in [2.75, 3.05) is 12.3 Å². The van der Waals surface area contributed by atoms with Crippen molar-refractivity contribution in [1.82, 2.24) is 19.9 Å². The fraction of sp³-hybridized carbons (Fsp3) is 0.267. The van der Waals surface area contributed by atoms with Crippen LogP contribution in [0.1, 0.15) is 5.56 Å². The van der Waals surface area contributed by atoms with Crippen molar-refractivity contribution in [3.05, 3.63) is 35.9 Å². The molecule has 0 aliphatic carbocycles. The SMILES string of the molecule is Cc1cc2nnc(SCC(=O)NCC(F)(F)F)n2c2ccccc12. The van der Waals surface area contributed by atoms with E-state index in [1.165, 1.54) is 0 Å². The molecule has 0 saturated carbocycles. The van der Waals surface area contributed by atoms with Crippen LogP contribution in [0.2, 0.25) is 0 Å². The van der Waals surface area contributed by atoms with Gasteiger partial charge in [0.25, 0.3) is 0 Å². The first-order valence-electron chi connectivity index (χ1n) is 7.05. The van der Waals surface area contributed by atoms with E-state index in [9.17, 15) is 18.0 Å². The molecule has 9 heteroatoms. The summed E-state index contributed by atoms with van der Waals surface area (Å²) in [6.45, 7) is 0.628. The van der Waals surface area contributed by atoms with E-state index in [2.05, 4.69) is 10.2 Å². The summed E-state index contributed by atoms with van der Waals surface area (Å²) in [6.07, 6.45) is -4.42. The number of fused-ring (bicyclic) bond motifs is 3. The second-order valence-corrected chi connectivity index (χ2v) is 6.14. The third kappa shape index (κ3) is 3.45. The number of nitrogens with one attached hydrogen (secondary N) is 1. The Morgan fingerprint density at radius 3 is 2.79 bits per heavy atom. The van der Waals surface area contributed by atoms with Crippen LogP contribution in [0.3, 0.4) is 0 Å². The van der Waals surface area contributed by atoms with Gasteiger partial charge < -0.3 is 5.32 Å². The molecule has 5 nitrogen and oxygen atoms in total. The van der Waals surface area contributed by atoms with E-state index in [1.807, 2.05) is 42.6 Å². The Morgan fingerprint density at radius 1 is 1.29 bits per heavy atom. The number of para-hydroxylation sites is 1. The quantitative estimate of drug-likeness (QED) is 0.732. The number of hydrogen-bond acceptors (Lipinski definition) is 4. The molecule has 2 heterocycles. The third-order valence-electron chi connectivity index (χ3n) is 3.39. The van der Waals surface area contributed by atoms with Crippen LogP contribution >= 0.6 is 11.8 Å². The van der Waals surface area contributed by atoms with Crippen molar-refractivity contribution in [3.8, 4) is 0 Å². The fourth-order valence-electron chi connectivity index (χ4n) is 2.35. The van der Waals surface area contributed by atoms with Crippen LogP contribution in [0, 0.1) is 6.92 Å². The highest BCUT2D eigenvalue weighted by Gasteiger charge is 2.27. The summed E-state index contributed by atoms with van der Waals surface area (Å²) in [5, 5.41) is 11.4. The van der Waals surface area contributed by atoms with E-state index in [0.29, 0.717) is 10.8 Å². The summed E-state index contributed by atoms with van der Waals surface area (Å²) >= 11 is 1.05. The van der Waals surface area contributed by atoms with Crippen molar-refractivity contribution in [2.45, 2.75) is 18.3 Å². The van der Waals surface area contributed by atoms with Crippen LogP contribution in [0.25, 0.3) is 16.6 Å². The maximum absolute atomic E-state index is 12.1. The van der Waals surface area contributed by atoms with Crippen LogP contribution in [0.5, 0.6) is 0 Å². The average molecular weight is 354 g/mol. The number of hydrogen-bond donors (Lipinski definition) is 1. The van der Waals surface area contributed by atoms with E-state index in [-0.39, 0.29) is 5.75 Å². The Morgan fingerprint density at radius 2 is 2.04 bits per heavy atom. The Hall–Kier alpha value is -2.29. The summed E-state index contributed by atoms with van der Waals surface area (Å²) in [5.41, 5.74) is 2.56. The number of carbonyl (C=O) groups is 1. The van der Waals surface area contributed by atoms with Gasteiger partial charge >= 0.3 is 6.18 Å². The highest BCUT2D eigenvalue weighted by molar-refractivity contribution is 7.99. The minimum absolute atomic E-state index is 0.168. The first-order valence-corrected chi connectivity index (χ1v) is 8.03. The van der Waals surface area contributed by atoms with Gasteiger partial charge in [0.15, 0.2) is 10.8 Å². The number of thioether (sulfide) groups is 1. The summed E-state index contributed by atoms with van der Waals surface area (Å²) in [7, 11) is 0. The lowest BCUT2D eigenvalue weighted by Crippen LogP contribution is -2.34. The minimum atomic E-state index is -4.42. The van der Waals surface area contributed by atoms with Gasteiger partial charge in [-0.25, -0.2) is 0 Å². The standard InChI is InChI=1S/C15H13F3N4OS/c1-9-6-12-20-21-14(22(12)11-5-3-2-4-10(9)11)24-7-13(23)19-8-15(16,17)18/h2-6H,7-8H2,1H3,(H,19,23). The number of halogens is 3. The molecule has 2 aromatic heterocycles. The number of rotatable bonds is 4. The van der Waals surface area contributed by atoms with Crippen LogP contribution in [-0.2, 0) is 4.79 Å². The predicted octanol–water partition coefficient (Wildman–Crippen LogP) is 2.96. The molecule has 0 aliphatic rings. The number of amides is 1. The molecule has 126 valence electrons. The molecule has 0 unspecified atom stereocenters. The molecule has 1 N–H and O–H groups in total. The lowest BCUT2D eigenvalue weighted by molar-refractivity contribution is -0.136. The lowest BCUT2D eigenvalue weighted by atomic mass is 10.1. The van der Waals surface area contributed by atoms with Gasteiger partial charge in [0.1, 0.15) is 6.54 Å². The number of pyridine rings is 1. The Bertz CT molecular complexity index is 907. The molecule has 0 fully saturated rings. The normalized spacial score (nSPS) is 12.0. The topological polar surface area (TPSA) is 59.3 Å². The molecule has 0 aliphatic heterocycles. The maximum atomic E-state index is 12.1. The molecular weight excluding hydrogens is 341 g/mol. The number of aryl methyl sites for hydroxylation is 1. The smallest absolute Gasteiger partial charge is 0.346 e. The molecule has 0 saturated heterocycles. The highest BCUT2D eigenvalue weighted by atomic mass is 32.2. The zero-order valence-corrected chi connectivity index (χ0v) is 13.4. The zero-order chi connectivity index (χ0) is 17.3. The van der Waals surface area contributed by atoms with Gasteiger partial charge in [0.2, 0.25) is 5.91 Å². The van der Waals surface area contributed by atoms with Crippen LogP contribution in [0.15, 0.2) is 35.5 Å². The Balaban J connectivity index is 1.83. The van der Waals surface area contributed by atoms with Gasteiger partial charge in [-0.1, -0.05) is 30.0 Å². The number of aromatic nitrogens is 3. The van der Waals surface area contributed by atoms with Crippen LogP contribution in [-0.4, -0.2) is 39.0 Å². The maximum Gasteiger partial charge on any atom is 0.405 e. The largest absolute Gasteiger partial charge is 0.405 e. The molecule has 0 radical (unpaired) electrons. The molecule has 24 heavy (non-hydrogen) atoms. The molecule has 0 atom stereocenters. The van der Waals surface area contributed by atoms with E-state index in [4.69, 9.17) is 0 Å². The first kappa shape index (κ1) is 16.6. The van der Waals surface area contributed by atoms with Gasteiger partial charge in [-0.3, -0.25) is 9.20 Å². The molecule has 0 spiro atoms. The van der Waals surface area contributed by atoms with Gasteiger partial charge in [-0.2, -0.15) is 13.2 Å². The predicted molar refractivity (Wildman–Crippen MR) is 85.0 cm³/mol. The summed E-state index contributed by atoms with van der Waals surface area (Å²) < 4.78 is 38.1. The second kappa shape index (κ2) is 6.31. The first-order chi connectivity index (χ1) is 11.3. The lowest BCUT2D eigenvalue weighted by Gasteiger charge is -2.08. The van der Waals surface area contributed by atoms with Gasteiger partial charge in [-0.15, -0.1) is 10.2 Å². The monoisotopic (exact) mass is 354 g/mol. The molecule has 3 aromatic rings.